The first-order valence-corrected chi connectivity index (χ1v) is 7.73. The number of H-pyrrole nitrogens is 1. The second-order valence-electron chi connectivity index (χ2n) is 5.45. The fourth-order valence-corrected chi connectivity index (χ4v) is 2.75. The summed E-state index contributed by atoms with van der Waals surface area (Å²) in [6.07, 6.45) is 1.92. The summed E-state index contributed by atoms with van der Waals surface area (Å²) in [7, 11) is 1.82. The third-order valence-electron chi connectivity index (χ3n) is 3.86. The second-order valence-corrected chi connectivity index (χ2v) is 5.45. The Morgan fingerprint density at radius 3 is 2.78 bits per heavy atom. The average molecular weight is 308 g/mol. The van der Waals surface area contributed by atoms with E-state index in [2.05, 4.69) is 11.1 Å². The number of hydrogen-bond donors (Lipinski definition) is 1. The van der Waals surface area contributed by atoms with Gasteiger partial charge in [0.2, 0.25) is 0 Å². The Morgan fingerprint density at radius 1 is 1.13 bits per heavy atom. The number of fused-ring (bicyclic) bond motifs is 1. The Morgan fingerprint density at radius 2 is 1.96 bits per heavy atom. The Kier molecular flexibility index (Phi) is 4.33. The summed E-state index contributed by atoms with van der Waals surface area (Å²) < 4.78 is 5.56. The summed E-state index contributed by atoms with van der Waals surface area (Å²) in [6, 6.07) is 15.5. The Balaban J connectivity index is 1.84. The van der Waals surface area contributed by atoms with Gasteiger partial charge < -0.3 is 14.6 Å². The molecule has 0 fully saturated rings. The molecule has 0 spiro atoms. The summed E-state index contributed by atoms with van der Waals surface area (Å²) >= 11 is 0. The minimum absolute atomic E-state index is 0.0402. The van der Waals surface area contributed by atoms with Crippen LogP contribution in [0.1, 0.15) is 22.8 Å². The molecule has 4 nitrogen and oxygen atoms in total. The lowest BCUT2D eigenvalue weighted by atomic mass is 10.1. The van der Waals surface area contributed by atoms with Crippen molar-refractivity contribution in [1.82, 2.24) is 9.88 Å². The van der Waals surface area contributed by atoms with Crippen molar-refractivity contribution < 1.29 is 9.53 Å². The smallest absolute Gasteiger partial charge is 0.257 e. The molecule has 0 aliphatic carbocycles. The molecular formula is C19H20N2O2. The van der Waals surface area contributed by atoms with Gasteiger partial charge in [-0.3, -0.25) is 4.79 Å². The lowest BCUT2D eigenvalue weighted by Crippen LogP contribution is -2.26. The number of amides is 1. The van der Waals surface area contributed by atoms with Gasteiger partial charge in [0.05, 0.1) is 12.2 Å². The number of hydrogen-bond acceptors (Lipinski definition) is 2. The normalized spacial score (nSPS) is 10.7. The van der Waals surface area contributed by atoms with E-state index in [4.69, 9.17) is 4.74 Å². The van der Waals surface area contributed by atoms with Crippen molar-refractivity contribution in [2.24, 2.45) is 0 Å². The SMILES string of the molecule is CCOc1ccccc1C(=O)N(C)Cc1cccc2[nH]ccc12. The van der Waals surface area contributed by atoms with E-state index in [0.29, 0.717) is 24.5 Å². The van der Waals surface area contributed by atoms with E-state index in [-0.39, 0.29) is 5.91 Å². The molecule has 23 heavy (non-hydrogen) atoms. The molecule has 1 N–H and O–H groups in total. The third-order valence-corrected chi connectivity index (χ3v) is 3.86. The van der Waals surface area contributed by atoms with Crippen LogP contribution in [-0.4, -0.2) is 29.4 Å². The van der Waals surface area contributed by atoms with Gasteiger partial charge >= 0.3 is 0 Å². The van der Waals surface area contributed by atoms with Crippen LogP contribution in [0.15, 0.2) is 54.7 Å². The van der Waals surface area contributed by atoms with E-state index in [1.807, 2.05) is 56.6 Å². The van der Waals surface area contributed by atoms with Crippen molar-refractivity contribution in [3.05, 3.63) is 65.9 Å². The maximum Gasteiger partial charge on any atom is 0.257 e. The Hall–Kier alpha value is -2.75. The van der Waals surface area contributed by atoms with Crippen molar-refractivity contribution in [2.75, 3.05) is 13.7 Å². The Labute approximate surface area is 135 Å². The highest BCUT2D eigenvalue weighted by molar-refractivity contribution is 5.97. The van der Waals surface area contributed by atoms with Crippen LogP contribution in [0.25, 0.3) is 10.9 Å². The van der Waals surface area contributed by atoms with Gasteiger partial charge in [0.1, 0.15) is 5.75 Å². The number of para-hydroxylation sites is 1. The van der Waals surface area contributed by atoms with Gasteiger partial charge in [-0.2, -0.15) is 0 Å². The second kappa shape index (κ2) is 6.57. The summed E-state index contributed by atoms with van der Waals surface area (Å²) in [6.45, 7) is 3.00. The predicted molar refractivity (Wildman–Crippen MR) is 91.7 cm³/mol. The number of nitrogens with one attached hydrogen (secondary N) is 1. The number of aromatic nitrogens is 1. The van der Waals surface area contributed by atoms with Gasteiger partial charge in [0, 0.05) is 30.7 Å². The molecular weight excluding hydrogens is 288 g/mol. The molecule has 0 unspecified atom stereocenters. The van der Waals surface area contributed by atoms with Crippen molar-refractivity contribution >= 4 is 16.8 Å². The maximum absolute atomic E-state index is 12.8. The molecule has 118 valence electrons. The topological polar surface area (TPSA) is 45.3 Å². The zero-order chi connectivity index (χ0) is 16.2. The van der Waals surface area contributed by atoms with E-state index in [0.717, 1.165) is 16.5 Å². The summed E-state index contributed by atoms with van der Waals surface area (Å²) in [5, 5.41) is 1.14. The molecule has 1 amide bonds. The van der Waals surface area contributed by atoms with Crippen molar-refractivity contribution in [3.8, 4) is 5.75 Å². The highest BCUT2D eigenvalue weighted by atomic mass is 16.5. The maximum atomic E-state index is 12.8. The minimum Gasteiger partial charge on any atom is -0.493 e. The molecule has 3 aromatic rings. The van der Waals surface area contributed by atoms with Crippen LogP contribution in [0.4, 0.5) is 0 Å². The number of aromatic amines is 1. The number of ether oxygens (including phenoxy) is 1. The fourth-order valence-electron chi connectivity index (χ4n) is 2.75. The first-order chi connectivity index (χ1) is 11.2. The molecule has 0 saturated heterocycles. The molecule has 0 radical (unpaired) electrons. The molecule has 1 aromatic heterocycles. The van der Waals surface area contributed by atoms with E-state index < -0.39 is 0 Å². The quantitative estimate of drug-likeness (QED) is 0.778. The predicted octanol–water partition coefficient (Wildman–Crippen LogP) is 3.84. The molecule has 0 aliphatic heterocycles. The molecule has 3 rings (SSSR count). The highest BCUT2D eigenvalue weighted by Crippen LogP contribution is 2.22. The van der Waals surface area contributed by atoms with Crippen LogP contribution in [0.5, 0.6) is 5.75 Å². The molecule has 0 atom stereocenters. The summed E-state index contributed by atoms with van der Waals surface area (Å²) in [5.41, 5.74) is 2.80. The minimum atomic E-state index is -0.0402. The van der Waals surface area contributed by atoms with E-state index in [9.17, 15) is 4.79 Å². The van der Waals surface area contributed by atoms with E-state index in [1.54, 1.807) is 11.0 Å². The monoisotopic (exact) mass is 308 g/mol. The molecule has 0 aliphatic rings. The van der Waals surface area contributed by atoms with Crippen LogP contribution in [0.2, 0.25) is 0 Å². The summed E-state index contributed by atoms with van der Waals surface area (Å²) in [4.78, 5) is 17.7. The first-order valence-electron chi connectivity index (χ1n) is 7.73. The number of carbonyl (C=O) groups is 1. The largest absolute Gasteiger partial charge is 0.493 e. The van der Waals surface area contributed by atoms with Crippen molar-refractivity contribution in [2.45, 2.75) is 13.5 Å². The highest BCUT2D eigenvalue weighted by Gasteiger charge is 2.17. The molecule has 0 saturated carbocycles. The lowest BCUT2D eigenvalue weighted by Gasteiger charge is -2.19. The zero-order valence-corrected chi connectivity index (χ0v) is 13.4. The third kappa shape index (κ3) is 3.06. The molecule has 2 aromatic carbocycles. The van der Waals surface area contributed by atoms with Gasteiger partial charge in [-0.25, -0.2) is 0 Å². The van der Waals surface area contributed by atoms with Crippen LogP contribution < -0.4 is 4.74 Å². The van der Waals surface area contributed by atoms with Gasteiger partial charge in [-0.05, 0) is 36.8 Å². The van der Waals surface area contributed by atoms with Crippen molar-refractivity contribution in [3.63, 3.8) is 0 Å². The first kappa shape index (κ1) is 15.2. The standard InChI is InChI=1S/C19H20N2O2/c1-3-23-18-10-5-4-8-16(18)19(22)21(2)13-14-7-6-9-17-15(14)11-12-20-17/h4-12,20H,3,13H2,1-2H3. The van der Waals surface area contributed by atoms with Gasteiger partial charge in [-0.1, -0.05) is 24.3 Å². The molecule has 0 bridgehead atoms. The van der Waals surface area contributed by atoms with Crippen LogP contribution in [-0.2, 0) is 6.54 Å². The van der Waals surface area contributed by atoms with E-state index in [1.165, 1.54) is 0 Å². The average Bonchev–Trinajstić information content (AvgIpc) is 3.05. The number of rotatable bonds is 5. The number of benzene rings is 2. The fraction of sp³-hybridized carbons (Fsp3) is 0.211. The summed E-state index contributed by atoms with van der Waals surface area (Å²) in [5.74, 6) is 0.591. The van der Waals surface area contributed by atoms with Crippen LogP contribution in [0.3, 0.4) is 0 Å². The van der Waals surface area contributed by atoms with Gasteiger partial charge in [0.15, 0.2) is 0 Å². The number of nitrogens with zero attached hydrogens (tertiary/aromatic N) is 1. The molecule has 1 heterocycles. The lowest BCUT2D eigenvalue weighted by molar-refractivity contribution is 0.0781. The molecule has 4 heteroatoms. The van der Waals surface area contributed by atoms with E-state index >= 15 is 0 Å². The van der Waals surface area contributed by atoms with Gasteiger partial charge in [0.25, 0.3) is 5.91 Å². The Bertz CT molecular complexity index is 823. The number of carbonyl (C=O) groups excluding carboxylic acids is 1. The van der Waals surface area contributed by atoms with Crippen molar-refractivity contribution in [1.29, 1.82) is 0 Å². The van der Waals surface area contributed by atoms with Crippen LogP contribution >= 0.6 is 0 Å². The van der Waals surface area contributed by atoms with Gasteiger partial charge in [-0.15, -0.1) is 0 Å². The van der Waals surface area contributed by atoms with Crippen LogP contribution in [0, 0.1) is 0 Å². The zero-order valence-electron chi connectivity index (χ0n) is 13.4.